The molecular weight excluding hydrogens is 419 g/mol. The summed E-state index contributed by atoms with van der Waals surface area (Å²) in [7, 11) is -3.73. The molecule has 3 aromatic rings. The highest BCUT2D eigenvalue weighted by atomic mass is 35.5. The quantitative estimate of drug-likeness (QED) is 0.568. The van der Waals surface area contributed by atoms with E-state index < -0.39 is 10.0 Å². The second kappa shape index (κ2) is 8.74. The first-order valence-corrected chi connectivity index (χ1v) is 10.8. The van der Waals surface area contributed by atoms with Gasteiger partial charge in [0.05, 0.1) is 10.4 Å². The van der Waals surface area contributed by atoms with Crippen LogP contribution in [0.25, 0.3) is 10.9 Å². The van der Waals surface area contributed by atoms with E-state index in [0.717, 1.165) is 25.0 Å². The molecule has 1 fully saturated rings. The lowest BCUT2D eigenvalue weighted by Crippen LogP contribution is -2.25. The van der Waals surface area contributed by atoms with Gasteiger partial charge in [0, 0.05) is 23.2 Å². The predicted molar refractivity (Wildman–Crippen MR) is 114 cm³/mol. The number of hydrogen-bond acceptors (Lipinski definition) is 4. The first-order chi connectivity index (χ1) is 13.1. The zero-order valence-electron chi connectivity index (χ0n) is 15.3. The first kappa shape index (κ1) is 21.0. The van der Waals surface area contributed by atoms with Gasteiger partial charge in [-0.05, 0) is 62.3 Å². The molecule has 5 nitrogen and oxygen atoms in total. The average Bonchev–Trinajstić information content (AvgIpc) is 3.32. The molecule has 8 heteroatoms. The Morgan fingerprint density at radius 3 is 2.54 bits per heavy atom. The minimum Gasteiger partial charge on any atom is -0.492 e. The van der Waals surface area contributed by atoms with Gasteiger partial charge in [-0.2, -0.15) is 0 Å². The van der Waals surface area contributed by atoms with Gasteiger partial charge in [0.25, 0.3) is 10.0 Å². The van der Waals surface area contributed by atoms with Gasteiger partial charge >= 0.3 is 0 Å². The first-order valence-electron chi connectivity index (χ1n) is 9.02. The lowest BCUT2D eigenvalue weighted by atomic mass is 10.2. The number of ether oxygens (including phenoxy) is 1. The minimum atomic E-state index is -3.73. The van der Waals surface area contributed by atoms with E-state index in [-0.39, 0.29) is 17.3 Å². The zero-order chi connectivity index (χ0) is 18.9. The zero-order valence-corrected chi connectivity index (χ0v) is 17.6. The van der Waals surface area contributed by atoms with Crippen molar-refractivity contribution < 1.29 is 13.2 Å². The summed E-state index contributed by atoms with van der Waals surface area (Å²) in [6, 6.07) is 13.5. The van der Waals surface area contributed by atoms with Crippen LogP contribution in [0, 0.1) is 0 Å². The van der Waals surface area contributed by atoms with Crippen LogP contribution in [-0.2, 0) is 10.0 Å². The number of likely N-dealkylation sites (tertiary alicyclic amines) is 1. The summed E-state index contributed by atoms with van der Waals surface area (Å²) in [5.74, 6) is 0.701. The molecule has 1 aliphatic heterocycles. The van der Waals surface area contributed by atoms with Crippen molar-refractivity contribution in [3.05, 3.63) is 59.8 Å². The van der Waals surface area contributed by atoms with Crippen molar-refractivity contribution in [1.29, 1.82) is 0 Å². The van der Waals surface area contributed by atoms with E-state index in [9.17, 15) is 8.42 Å². The number of hydrogen-bond donors (Lipinski definition) is 0. The van der Waals surface area contributed by atoms with Crippen molar-refractivity contribution in [3.8, 4) is 5.75 Å². The molecule has 2 heterocycles. The fourth-order valence-electron chi connectivity index (χ4n) is 3.48. The smallest absolute Gasteiger partial charge is 0.268 e. The van der Waals surface area contributed by atoms with Crippen LogP contribution >= 0.6 is 24.0 Å². The molecule has 0 bridgehead atoms. The molecule has 1 aromatic heterocycles. The number of aromatic nitrogens is 1. The molecule has 0 spiro atoms. The minimum absolute atomic E-state index is 0. The highest BCUT2D eigenvalue weighted by Gasteiger charge is 2.20. The lowest BCUT2D eigenvalue weighted by molar-refractivity contribution is 0.239. The van der Waals surface area contributed by atoms with E-state index in [1.54, 1.807) is 36.5 Å². The maximum Gasteiger partial charge on any atom is 0.268 e. The Morgan fingerprint density at radius 2 is 1.79 bits per heavy atom. The van der Waals surface area contributed by atoms with E-state index >= 15 is 0 Å². The van der Waals surface area contributed by atoms with Crippen molar-refractivity contribution in [2.75, 3.05) is 26.2 Å². The molecule has 4 rings (SSSR count). The average molecular weight is 441 g/mol. The van der Waals surface area contributed by atoms with Crippen molar-refractivity contribution in [1.82, 2.24) is 8.87 Å². The summed E-state index contributed by atoms with van der Waals surface area (Å²) in [6.45, 7) is 3.73. The fourth-order valence-corrected chi connectivity index (χ4v) is 5.13. The van der Waals surface area contributed by atoms with Gasteiger partial charge in [0.2, 0.25) is 0 Å². The summed E-state index contributed by atoms with van der Waals surface area (Å²) in [5.41, 5.74) is 0.591. The molecule has 0 amide bonds. The van der Waals surface area contributed by atoms with Crippen molar-refractivity contribution in [3.63, 3.8) is 0 Å². The van der Waals surface area contributed by atoms with Crippen LogP contribution in [0.2, 0.25) is 5.02 Å². The second-order valence-corrected chi connectivity index (χ2v) is 8.91. The Kier molecular flexibility index (Phi) is 6.55. The summed E-state index contributed by atoms with van der Waals surface area (Å²) in [6.07, 6.45) is 4.06. The SMILES string of the molecule is Cl.O=S(=O)(c1cccc(Cl)c1)n1ccc2c(OCCN3CCCC3)cccc21. The molecule has 0 saturated carbocycles. The number of fused-ring (bicyclic) bond motifs is 1. The molecule has 0 radical (unpaired) electrons. The van der Waals surface area contributed by atoms with Gasteiger partial charge in [0.1, 0.15) is 12.4 Å². The third-order valence-corrected chi connectivity index (χ3v) is 6.79. The maximum atomic E-state index is 13.0. The highest BCUT2D eigenvalue weighted by Crippen LogP contribution is 2.30. The Morgan fingerprint density at radius 1 is 1.04 bits per heavy atom. The van der Waals surface area contributed by atoms with Gasteiger partial charge in [-0.15, -0.1) is 12.4 Å². The molecule has 1 saturated heterocycles. The van der Waals surface area contributed by atoms with E-state index in [1.807, 2.05) is 12.1 Å². The molecule has 0 unspecified atom stereocenters. The molecule has 0 N–H and O–H groups in total. The Balaban J connectivity index is 0.00000225. The highest BCUT2D eigenvalue weighted by molar-refractivity contribution is 7.90. The van der Waals surface area contributed by atoms with Crippen LogP contribution in [0.1, 0.15) is 12.8 Å². The van der Waals surface area contributed by atoms with Gasteiger partial charge < -0.3 is 4.74 Å². The summed E-state index contributed by atoms with van der Waals surface area (Å²) in [4.78, 5) is 2.54. The Labute approximate surface area is 176 Å². The Hall–Kier alpha value is -1.73. The number of nitrogens with zero attached hydrogens (tertiary/aromatic N) is 2. The van der Waals surface area contributed by atoms with Crippen molar-refractivity contribution >= 4 is 44.9 Å². The van der Waals surface area contributed by atoms with Crippen LogP contribution in [0.4, 0.5) is 0 Å². The largest absolute Gasteiger partial charge is 0.492 e. The van der Waals surface area contributed by atoms with E-state index in [1.165, 1.54) is 22.9 Å². The normalized spacial score (nSPS) is 14.9. The third kappa shape index (κ3) is 4.15. The topological polar surface area (TPSA) is 51.5 Å². The van der Waals surface area contributed by atoms with Gasteiger partial charge in [-0.1, -0.05) is 23.7 Å². The van der Waals surface area contributed by atoms with Crippen LogP contribution in [0.15, 0.2) is 59.6 Å². The number of rotatable bonds is 6. The summed E-state index contributed by atoms with van der Waals surface area (Å²) >= 11 is 5.97. The maximum absolute atomic E-state index is 13.0. The molecule has 150 valence electrons. The number of benzene rings is 2. The van der Waals surface area contributed by atoms with Crippen molar-refractivity contribution in [2.45, 2.75) is 17.7 Å². The van der Waals surface area contributed by atoms with Gasteiger partial charge in [0.15, 0.2) is 0 Å². The van der Waals surface area contributed by atoms with E-state index in [0.29, 0.717) is 22.9 Å². The van der Waals surface area contributed by atoms with Gasteiger partial charge in [-0.3, -0.25) is 4.90 Å². The monoisotopic (exact) mass is 440 g/mol. The fraction of sp³-hybridized carbons (Fsp3) is 0.300. The van der Waals surface area contributed by atoms with Gasteiger partial charge in [-0.25, -0.2) is 12.4 Å². The molecule has 0 aliphatic carbocycles. The molecular formula is C20H22Cl2N2O3S. The number of halogens is 2. The van der Waals surface area contributed by atoms with Crippen LogP contribution in [0.3, 0.4) is 0 Å². The van der Waals surface area contributed by atoms with Crippen molar-refractivity contribution in [2.24, 2.45) is 0 Å². The van der Waals surface area contributed by atoms with E-state index in [4.69, 9.17) is 16.3 Å². The second-order valence-electron chi connectivity index (χ2n) is 6.66. The van der Waals surface area contributed by atoms with E-state index in [2.05, 4.69) is 4.90 Å². The van der Waals surface area contributed by atoms with Crippen LogP contribution in [-0.4, -0.2) is 43.5 Å². The predicted octanol–water partition coefficient (Wildman–Crippen LogP) is 4.43. The molecule has 0 atom stereocenters. The van der Waals surface area contributed by atoms with Crippen LogP contribution < -0.4 is 4.74 Å². The lowest BCUT2D eigenvalue weighted by Gasteiger charge is -2.15. The summed E-state index contributed by atoms with van der Waals surface area (Å²) < 4.78 is 33.3. The molecule has 2 aromatic carbocycles. The van der Waals surface area contributed by atoms with Crippen LogP contribution in [0.5, 0.6) is 5.75 Å². The summed E-state index contributed by atoms with van der Waals surface area (Å²) in [5, 5.41) is 1.17. The molecule has 28 heavy (non-hydrogen) atoms. The Bertz CT molecular complexity index is 1060. The molecule has 1 aliphatic rings. The third-order valence-electron chi connectivity index (χ3n) is 4.87. The standard InChI is InChI=1S/C20H21ClN2O3S.ClH/c21-16-5-3-6-17(15-16)27(24,25)23-12-9-18-19(23)7-4-8-20(18)26-14-13-22-10-1-2-11-22;/h3-9,12,15H,1-2,10-11,13-14H2;1H.